The molecule has 0 unspecified atom stereocenters. The zero-order chi connectivity index (χ0) is 29.0. The van der Waals surface area contributed by atoms with Crippen molar-refractivity contribution >= 4 is 33.0 Å². The Kier molecular flexibility index (Phi) is 8.68. The summed E-state index contributed by atoms with van der Waals surface area (Å²) in [5, 5.41) is -0.274. The molecule has 1 fully saturated rings. The van der Waals surface area contributed by atoms with E-state index in [1.54, 1.807) is 25.3 Å². The number of anilines is 1. The number of benzene rings is 1. The molecule has 1 N–H and O–H groups in total. The number of halogens is 2. The van der Waals surface area contributed by atoms with Gasteiger partial charge >= 0.3 is 0 Å². The molecule has 0 spiro atoms. The van der Waals surface area contributed by atoms with Crippen LogP contribution in [0.3, 0.4) is 0 Å². The largest absolute Gasteiger partial charge is 0.485 e. The summed E-state index contributed by atoms with van der Waals surface area (Å²) in [4.78, 5) is 23.7. The normalized spacial score (nSPS) is 14.2. The van der Waals surface area contributed by atoms with Gasteiger partial charge in [0, 0.05) is 43.2 Å². The molecule has 0 radical (unpaired) electrons. The topological polar surface area (TPSA) is 124 Å². The van der Waals surface area contributed by atoms with E-state index in [4.69, 9.17) is 25.8 Å². The first-order valence-electron chi connectivity index (χ1n) is 12.8. The number of rotatable bonds is 10. The zero-order valence-corrected chi connectivity index (χ0v) is 23.6. The number of sulfonamides is 1. The molecule has 1 saturated heterocycles. The molecule has 0 atom stereocenters. The molecule has 1 aromatic carbocycles. The van der Waals surface area contributed by atoms with E-state index < -0.39 is 15.8 Å². The van der Waals surface area contributed by atoms with Gasteiger partial charge in [-0.15, -0.1) is 0 Å². The van der Waals surface area contributed by atoms with Gasteiger partial charge in [0.2, 0.25) is 11.6 Å². The number of ether oxygens (including phenoxy) is 3. The van der Waals surface area contributed by atoms with Crippen LogP contribution < -0.4 is 19.8 Å². The van der Waals surface area contributed by atoms with Crippen LogP contribution in [0.4, 0.5) is 10.1 Å². The van der Waals surface area contributed by atoms with E-state index >= 15 is 0 Å². The molecule has 0 aliphatic carbocycles. The van der Waals surface area contributed by atoms with E-state index in [0.29, 0.717) is 43.1 Å². The first-order valence-corrected chi connectivity index (χ1v) is 14.7. The third-order valence-electron chi connectivity index (χ3n) is 6.33. The van der Waals surface area contributed by atoms with Gasteiger partial charge in [-0.05, 0) is 43.3 Å². The lowest BCUT2D eigenvalue weighted by molar-refractivity contribution is 0.0321. The summed E-state index contributed by atoms with van der Waals surface area (Å²) >= 11 is 6.00. The Morgan fingerprint density at radius 3 is 2.63 bits per heavy atom. The van der Waals surface area contributed by atoms with Crippen LogP contribution in [0.1, 0.15) is 6.92 Å². The van der Waals surface area contributed by atoms with Gasteiger partial charge in [-0.3, -0.25) is 18.8 Å². The molecule has 14 heteroatoms. The molecule has 0 saturated carbocycles. The van der Waals surface area contributed by atoms with Crippen LogP contribution in [-0.4, -0.2) is 73.7 Å². The fourth-order valence-electron chi connectivity index (χ4n) is 4.27. The highest BCUT2D eigenvalue weighted by atomic mass is 35.5. The average molecular weight is 604 g/mol. The molecule has 3 aromatic heterocycles. The van der Waals surface area contributed by atoms with Crippen molar-refractivity contribution in [1.29, 1.82) is 0 Å². The van der Waals surface area contributed by atoms with Gasteiger partial charge in [0.1, 0.15) is 28.7 Å². The minimum absolute atomic E-state index is 0.0358. The van der Waals surface area contributed by atoms with E-state index in [1.807, 2.05) is 0 Å². The molecule has 1 aliphatic rings. The van der Waals surface area contributed by atoms with Crippen molar-refractivity contribution < 1.29 is 27.0 Å². The Labute approximate surface area is 240 Å². The van der Waals surface area contributed by atoms with E-state index in [1.165, 1.54) is 22.9 Å². The molecular weight excluding hydrogens is 577 g/mol. The lowest BCUT2D eigenvalue weighted by atomic mass is 10.1. The summed E-state index contributed by atoms with van der Waals surface area (Å²) in [5.74, 6) is -0.518. The van der Waals surface area contributed by atoms with Crippen LogP contribution in [0.2, 0.25) is 5.02 Å². The van der Waals surface area contributed by atoms with Crippen LogP contribution in [0.25, 0.3) is 16.8 Å². The van der Waals surface area contributed by atoms with Crippen molar-refractivity contribution in [3.8, 4) is 22.8 Å². The summed E-state index contributed by atoms with van der Waals surface area (Å²) in [7, 11) is -4.23. The van der Waals surface area contributed by atoms with Crippen molar-refractivity contribution in [2.24, 2.45) is 0 Å². The Morgan fingerprint density at radius 1 is 1.07 bits per heavy atom. The highest BCUT2D eigenvalue weighted by molar-refractivity contribution is 7.92. The highest BCUT2D eigenvalue weighted by Crippen LogP contribution is 2.32. The van der Waals surface area contributed by atoms with E-state index in [9.17, 15) is 17.6 Å². The van der Waals surface area contributed by atoms with Crippen molar-refractivity contribution in [3.05, 3.63) is 76.2 Å². The molecule has 0 bridgehead atoms. The monoisotopic (exact) mass is 603 g/mol. The molecule has 216 valence electrons. The molecular formula is C27H27ClFN5O6S. The van der Waals surface area contributed by atoms with Crippen molar-refractivity contribution in [2.75, 3.05) is 50.8 Å². The second kappa shape index (κ2) is 12.4. The first-order chi connectivity index (χ1) is 19.7. The first kappa shape index (κ1) is 28.7. The second-order valence-corrected chi connectivity index (χ2v) is 11.1. The van der Waals surface area contributed by atoms with Gasteiger partial charge in [0.25, 0.3) is 15.6 Å². The van der Waals surface area contributed by atoms with Crippen LogP contribution in [0.15, 0.2) is 64.7 Å². The smallest absolute Gasteiger partial charge is 0.300 e. The predicted molar refractivity (Wildman–Crippen MR) is 151 cm³/mol. The minimum Gasteiger partial charge on any atom is -0.485 e. The maximum absolute atomic E-state index is 13.5. The molecule has 11 nitrogen and oxygen atoms in total. The van der Waals surface area contributed by atoms with Gasteiger partial charge in [0.15, 0.2) is 0 Å². The van der Waals surface area contributed by atoms with Gasteiger partial charge < -0.3 is 14.2 Å². The lowest BCUT2D eigenvalue weighted by Crippen LogP contribution is -2.38. The van der Waals surface area contributed by atoms with Crippen LogP contribution in [-0.2, 0) is 14.8 Å². The van der Waals surface area contributed by atoms with Crippen molar-refractivity contribution in [1.82, 2.24) is 19.3 Å². The number of hydrogen-bond acceptors (Lipinski definition) is 9. The third kappa shape index (κ3) is 6.59. The maximum Gasteiger partial charge on any atom is 0.300 e. The van der Waals surface area contributed by atoms with E-state index in [0.717, 1.165) is 31.3 Å². The predicted octanol–water partition coefficient (Wildman–Crippen LogP) is 3.46. The number of nitrogens with zero attached hydrogens (tertiary/aromatic N) is 4. The number of nitrogens with one attached hydrogen (secondary N) is 1. The standard InChI is InChI=1S/C27H27ClFN5O6S/c1-2-39-26-22(32-41(36,37)24-5-4-20(29)14-21(24)28)13-19(15-31-26)18-3-6-25-30-16-23(27(35)34(25)17-18)40-12-9-33-7-10-38-11-8-33/h3-6,13-17,32H,2,7-12H2,1H3. The SMILES string of the molecule is CCOc1ncc(-c2ccc3ncc(OCCN4CCOCC4)c(=O)n3c2)cc1NS(=O)(=O)c1ccc(F)cc1Cl. The second-order valence-electron chi connectivity index (χ2n) is 9.07. The Bertz CT molecular complexity index is 1730. The van der Waals surface area contributed by atoms with E-state index in [2.05, 4.69) is 19.6 Å². The zero-order valence-electron chi connectivity index (χ0n) is 22.0. The number of morpholine rings is 1. The van der Waals surface area contributed by atoms with E-state index in [-0.39, 0.29) is 39.4 Å². The molecule has 5 rings (SSSR count). The third-order valence-corrected chi connectivity index (χ3v) is 8.18. The highest BCUT2D eigenvalue weighted by Gasteiger charge is 2.22. The van der Waals surface area contributed by atoms with Crippen LogP contribution in [0, 0.1) is 5.82 Å². The Morgan fingerprint density at radius 2 is 1.88 bits per heavy atom. The number of fused-ring (bicyclic) bond motifs is 1. The molecule has 41 heavy (non-hydrogen) atoms. The Balaban J connectivity index is 1.43. The van der Waals surface area contributed by atoms with Crippen LogP contribution in [0.5, 0.6) is 11.6 Å². The quantitative estimate of drug-likeness (QED) is 0.290. The molecule has 1 aliphatic heterocycles. The lowest BCUT2D eigenvalue weighted by Gasteiger charge is -2.26. The van der Waals surface area contributed by atoms with Gasteiger partial charge in [-0.25, -0.2) is 22.8 Å². The molecule has 0 amide bonds. The van der Waals surface area contributed by atoms with Crippen LogP contribution >= 0.6 is 11.6 Å². The van der Waals surface area contributed by atoms with Gasteiger partial charge in [-0.1, -0.05) is 11.6 Å². The minimum atomic E-state index is -4.23. The van der Waals surface area contributed by atoms with Crippen molar-refractivity contribution in [3.63, 3.8) is 0 Å². The molecule has 4 aromatic rings. The summed E-state index contributed by atoms with van der Waals surface area (Å²) in [5.41, 5.74) is 1.11. The summed E-state index contributed by atoms with van der Waals surface area (Å²) in [6.45, 7) is 5.91. The number of pyridine rings is 2. The maximum atomic E-state index is 13.5. The summed E-state index contributed by atoms with van der Waals surface area (Å²) < 4.78 is 60.1. The van der Waals surface area contributed by atoms with Gasteiger partial charge in [-0.2, -0.15) is 0 Å². The number of aromatic nitrogens is 3. The summed E-state index contributed by atoms with van der Waals surface area (Å²) in [6, 6.07) is 7.89. The van der Waals surface area contributed by atoms with Gasteiger partial charge in [0.05, 0.1) is 31.0 Å². The average Bonchev–Trinajstić information content (AvgIpc) is 2.95. The fraction of sp³-hybridized carbons (Fsp3) is 0.296. The fourth-order valence-corrected chi connectivity index (χ4v) is 5.85. The number of hydrogen-bond donors (Lipinski definition) is 1. The van der Waals surface area contributed by atoms with Crippen molar-refractivity contribution in [2.45, 2.75) is 11.8 Å². The molecule has 4 heterocycles. The Hall–Kier alpha value is -3.78. The summed E-state index contributed by atoms with van der Waals surface area (Å²) in [6.07, 6.45) is 4.48.